The van der Waals surface area contributed by atoms with Crippen LogP contribution in [0.15, 0.2) is 24.3 Å². The molecule has 0 saturated carbocycles. The van der Waals surface area contributed by atoms with Crippen molar-refractivity contribution in [2.75, 3.05) is 37.7 Å². The van der Waals surface area contributed by atoms with Crippen LogP contribution in [0.3, 0.4) is 0 Å². The van der Waals surface area contributed by atoms with E-state index in [1.54, 1.807) is 12.1 Å². The summed E-state index contributed by atoms with van der Waals surface area (Å²) in [6.45, 7) is 6.24. The van der Waals surface area contributed by atoms with Gasteiger partial charge in [0.2, 0.25) is 5.91 Å². The second-order valence-corrected chi connectivity index (χ2v) is 8.00. The zero-order valence-corrected chi connectivity index (χ0v) is 15.9. The Kier molecular flexibility index (Phi) is 6.50. The number of hydrogen-bond donors (Lipinski definition) is 1. The summed E-state index contributed by atoms with van der Waals surface area (Å²) in [5, 5.41) is 14.2. The van der Waals surface area contributed by atoms with Gasteiger partial charge in [-0.05, 0) is 18.5 Å². The zero-order chi connectivity index (χ0) is 18.5. The van der Waals surface area contributed by atoms with Gasteiger partial charge in [0, 0.05) is 55.9 Å². The number of nitrogens with zero attached hydrogens (tertiary/aromatic N) is 3. The first-order valence-electron chi connectivity index (χ1n) is 9.15. The minimum atomic E-state index is -0.377. The summed E-state index contributed by atoms with van der Waals surface area (Å²) >= 11 is 1.91. The molecule has 2 saturated heterocycles. The molecule has 0 spiro atoms. The van der Waals surface area contributed by atoms with Crippen molar-refractivity contribution in [1.82, 2.24) is 15.1 Å². The van der Waals surface area contributed by atoms with E-state index < -0.39 is 0 Å². The SMILES string of the molecule is CCN(Cc1ccc([N+](=O)[O-])cc1)[C@@H]1CN[C@H](C(=O)N2CCSCC2)C1. The Hall–Kier alpha value is -1.64. The van der Waals surface area contributed by atoms with Gasteiger partial charge < -0.3 is 10.2 Å². The van der Waals surface area contributed by atoms with Crippen LogP contribution in [0, 0.1) is 10.1 Å². The number of non-ortho nitro benzene ring substituents is 1. The highest BCUT2D eigenvalue weighted by molar-refractivity contribution is 7.99. The Morgan fingerprint density at radius 3 is 2.65 bits per heavy atom. The van der Waals surface area contributed by atoms with Crippen molar-refractivity contribution in [1.29, 1.82) is 0 Å². The van der Waals surface area contributed by atoms with Crippen molar-refractivity contribution in [3.8, 4) is 0 Å². The number of amides is 1. The Balaban J connectivity index is 1.57. The van der Waals surface area contributed by atoms with Gasteiger partial charge in [-0.2, -0.15) is 11.8 Å². The minimum absolute atomic E-state index is 0.0889. The number of carbonyl (C=O) groups excluding carboxylic acids is 1. The fourth-order valence-electron chi connectivity index (χ4n) is 3.64. The normalized spacial score (nSPS) is 23.4. The van der Waals surface area contributed by atoms with Crippen LogP contribution in [0.2, 0.25) is 0 Å². The third-order valence-electron chi connectivity index (χ3n) is 5.18. The molecule has 0 aliphatic carbocycles. The number of likely N-dealkylation sites (N-methyl/N-ethyl adjacent to an activating group) is 1. The van der Waals surface area contributed by atoms with Crippen molar-refractivity contribution in [2.24, 2.45) is 0 Å². The highest BCUT2D eigenvalue weighted by atomic mass is 32.2. The summed E-state index contributed by atoms with van der Waals surface area (Å²) < 4.78 is 0. The average Bonchev–Trinajstić information content (AvgIpc) is 3.16. The summed E-state index contributed by atoms with van der Waals surface area (Å²) in [4.78, 5) is 27.4. The summed E-state index contributed by atoms with van der Waals surface area (Å²) in [6.07, 6.45) is 0.823. The van der Waals surface area contributed by atoms with E-state index in [2.05, 4.69) is 17.1 Å². The number of carbonyl (C=O) groups is 1. The highest BCUT2D eigenvalue weighted by Crippen LogP contribution is 2.20. The van der Waals surface area contributed by atoms with Crippen molar-refractivity contribution >= 4 is 23.4 Å². The summed E-state index contributed by atoms with van der Waals surface area (Å²) in [5.41, 5.74) is 1.17. The molecule has 0 unspecified atom stereocenters. The summed E-state index contributed by atoms with van der Waals surface area (Å²) in [7, 11) is 0. The van der Waals surface area contributed by atoms with E-state index in [1.807, 2.05) is 28.8 Å². The molecule has 3 rings (SSSR count). The van der Waals surface area contributed by atoms with Gasteiger partial charge in [-0.1, -0.05) is 19.1 Å². The molecule has 7 nitrogen and oxygen atoms in total. The third-order valence-corrected chi connectivity index (χ3v) is 6.13. The first-order valence-corrected chi connectivity index (χ1v) is 10.3. The highest BCUT2D eigenvalue weighted by Gasteiger charge is 2.35. The summed E-state index contributed by atoms with van der Waals surface area (Å²) in [5.74, 6) is 2.30. The van der Waals surface area contributed by atoms with E-state index >= 15 is 0 Å². The predicted molar refractivity (Wildman–Crippen MR) is 103 cm³/mol. The molecule has 142 valence electrons. The van der Waals surface area contributed by atoms with E-state index in [0.29, 0.717) is 6.04 Å². The average molecular weight is 378 g/mol. The molecule has 1 aromatic rings. The summed E-state index contributed by atoms with van der Waals surface area (Å²) in [6, 6.07) is 6.96. The van der Waals surface area contributed by atoms with Crippen molar-refractivity contribution in [2.45, 2.75) is 32.0 Å². The minimum Gasteiger partial charge on any atom is -0.340 e. The molecular formula is C18H26N4O3S. The van der Waals surface area contributed by atoms with E-state index in [-0.39, 0.29) is 22.6 Å². The van der Waals surface area contributed by atoms with E-state index in [9.17, 15) is 14.9 Å². The molecule has 0 aromatic heterocycles. The third kappa shape index (κ3) is 4.55. The largest absolute Gasteiger partial charge is 0.340 e. The van der Waals surface area contributed by atoms with E-state index in [4.69, 9.17) is 0 Å². The fraction of sp³-hybridized carbons (Fsp3) is 0.611. The number of nitrogens with one attached hydrogen (secondary N) is 1. The maximum absolute atomic E-state index is 12.7. The molecule has 0 bridgehead atoms. The molecule has 1 N–H and O–H groups in total. The quantitative estimate of drug-likeness (QED) is 0.600. The molecular weight excluding hydrogens is 352 g/mol. The van der Waals surface area contributed by atoms with Crippen LogP contribution in [0.1, 0.15) is 18.9 Å². The van der Waals surface area contributed by atoms with Gasteiger partial charge in [0.1, 0.15) is 0 Å². The van der Waals surface area contributed by atoms with Gasteiger partial charge >= 0.3 is 0 Å². The molecule has 0 radical (unpaired) electrons. The molecule has 8 heteroatoms. The number of hydrogen-bond acceptors (Lipinski definition) is 6. The molecule has 1 amide bonds. The molecule has 2 fully saturated rings. The number of nitro benzene ring substituents is 1. The van der Waals surface area contributed by atoms with Gasteiger partial charge in [0.15, 0.2) is 0 Å². The van der Waals surface area contributed by atoms with Gasteiger partial charge in [0.25, 0.3) is 5.69 Å². The number of nitro groups is 1. The lowest BCUT2D eigenvalue weighted by molar-refractivity contribution is -0.384. The Labute approximate surface area is 158 Å². The van der Waals surface area contributed by atoms with Crippen LogP contribution in [-0.4, -0.2) is 70.4 Å². The van der Waals surface area contributed by atoms with Crippen LogP contribution in [0.25, 0.3) is 0 Å². The lowest BCUT2D eigenvalue weighted by Gasteiger charge is -2.29. The van der Waals surface area contributed by atoms with E-state index in [1.165, 1.54) is 0 Å². The van der Waals surface area contributed by atoms with Crippen LogP contribution < -0.4 is 5.32 Å². The molecule has 26 heavy (non-hydrogen) atoms. The zero-order valence-electron chi connectivity index (χ0n) is 15.1. The first kappa shape index (κ1) is 19.1. The van der Waals surface area contributed by atoms with Crippen LogP contribution in [-0.2, 0) is 11.3 Å². The van der Waals surface area contributed by atoms with Crippen molar-refractivity contribution < 1.29 is 9.72 Å². The predicted octanol–water partition coefficient (Wildman–Crippen LogP) is 1.72. The van der Waals surface area contributed by atoms with Gasteiger partial charge in [-0.25, -0.2) is 0 Å². The molecule has 2 atom stereocenters. The van der Waals surface area contributed by atoms with Crippen molar-refractivity contribution in [3.63, 3.8) is 0 Å². The lowest BCUT2D eigenvalue weighted by Crippen LogP contribution is -2.47. The van der Waals surface area contributed by atoms with Gasteiger partial charge in [-0.15, -0.1) is 0 Å². The smallest absolute Gasteiger partial charge is 0.269 e. The first-order chi connectivity index (χ1) is 12.6. The molecule has 2 aliphatic rings. The lowest BCUT2D eigenvalue weighted by atomic mass is 10.1. The van der Waals surface area contributed by atoms with E-state index in [0.717, 1.165) is 56.2 Å². The molecule has 2 aliphatic heterocycles. The maximum atomic E-state index is 12.7. The van der Waals surface area contributed by atoms with Gasteiger partial charge in [-0.3, -0.25) is 19.8 Å². The molecule has 1 aromatic carbocycles. The fourth-order valence-corrected chi connectivity index (χ4v) is 4.55. The topological polar surface area (TPSA) is 78.7 Å². The Morgan fingerprint density at radius 2 is 2.04 bits per heavy atom. The monoisotopic (exact) mass is 378 g/mol. The van der Waals surface area contributed by atoms with Gasteiger partial charge in [0.05, 0.1) is 11.0 Å². The second kappa shape index (κ2) is 8.83. The van der Waals surface area contributed by atoms with Crippen LogP contribution in [0.5, 0.6) is 0 Å². The van der Waals surface area contributed by atoms with Crippen LogP contribution >= 0.6 is 11.8 Å². The number of thioether (sulfide) groups is 1. The Morgan fingerprint density at radius 1 is 1.35 bits per heavy atom. The standard InChI is InChI=1S/C18H26N4O3S/c1-2-20(13-14-3-5-15(6-4-14)22(24)25)16-11-17(19-12-16)18(23)21-7-9-26-10-8-21/h3-6,16-17,19H,2,7-13H2,1H3/t16-,17-/m0/s1. The second-order valence-electron chi connectivity index (χ2n) is 6.77. The number of benzene rings is 1. The van der Waals surface area contributed by atoms with Crippen molar-refractivity contribution in [3.05, 3.63) is 39.9 Å². The Bertz CT molecular complexity index is 634. The molecule has 2 heterocycles. The number of rotatable bonds is 6. The maximum Gasteiger partial charge on any atom is 0.269 e. The van der Waals surface area contributed by atoms with Crippen LogP contribution in [0.4, 0.5) is 5.69 Å².